The molecule has 9 amide bonds. The van der Waals surface area contributed by atoms with Crippen LogP contribution in [0.3, 0.4) is 0 Å². The molecule has 26 nitrogen and oxygen atoms in total. The van der Waals surface area contributed by atoms with E-state index in [0.29, 0.717) is 219 Å². The van der Waals surface area contributed by atoms with Crippen LogP contribution in [-0.4, -0.2) is 239 Å². The summed E-state index contributed by atoms with van der Waals surface area (Å²) in [6, 6.07) is 5.27. The average molecular weight is 1280 g/mol. The lowest BCUT2D eigenvalue weighted by atomic mass is 10.0. The molecule has 4 saturated heterocycles. The minimum atomic E-state index is -0.404. The van der Waals surface area contributed by atoms with Crippen LogP contribution in [0.1, 0.15) is 123 Å². The van der Waals surface area contributed by atoms with Gasteiger partial charge in [-0.2, -0.15) is 23.5 Å². The van der Waals surface area contributed by atoms with Gasteiger partial charge < -0.3 is 96.2 Å². The Hall–Kier alpha value is -4.59. The van der Waals surface area contributed by atoms with Gasteiger partial charge in [-0.1, -0.05) is 12.8 Å². The zero-order valence-electron chi connectivity index (χ0n) is 51.6. The molecule has 4 aliphatic heterocycles. The number of carbonyl (C=O) groups excluding carboxylic acids is 7. The van der Waals surface area contributed by atoms with Gasteiger partial charge in [-0.3, -0.25) is 24.0 Å². The predicted octanol–water partition coefficient (Wildman–Crippen LogP) is 3.00. The van der Waals surface area contributed by atoms with E-state index in [0.717, 1.165) is 56.5 Å². The summed E-state index contributed by atoms with van der Waals surface area (Å²) in [5.41, 5.74) is 6.22. The van der Waals surface area contributed by atoms with Gasteiger partial charge in [-0.15, -0.1) is 0 Å². The fourth-order valence-corrected chi connectivity index (χ4v) is 13.1. The van der Waals surface area contributed by atoms with Crippen molar-refractivity contribution in [1.29, 1.82) is 0 Å². The molecule has 1 aromatic carbocycles. The third kappa shape index (κ3) is 32.9. The van der Waals surface area contributed by atoms with Gasteiger partial charge in [0.2, 0.25) is 17.7 Å². The monoisotopic (exact) mass is 1280 g/mol. The normalized spacial score (nSPS) is 19.1. The fourth-order valence-electron chi connectivity index (χ4n) is 9.97. The van der Waals surface area contributed by atoms with E-state index < -0.39 is 11.8 Å². The number of nitrogens with two attached hydrogens (primary N) is 1. The van der Waals surface area contributed by atoms with Crippen molar-refractivity contribution < 1.29 is 76.2 Å². The number of ether oxygens (including phenoxy) is 9. The second-order valence-electron chi connectivity index (χ2n) is 21.8. The number of unbranched alkanes of at least 4 members (excludes halogenated alkanes) is 3. The molecule has 4 aliphatic rings. The topological polar surface area (TPSA) is 337 Å². The summed E-state index contributed by atoms with van der Waals surface area (Å²) in [4.78, 5) is 87.4. The smallest absolute Gasteiger partial charge is 0.315 e. The lowest BCUT2D eigenvalue weighted by Gasteiger charge is -2.16. The number of amides is 9. The molecule has 0 aliphatic carbocycles. The van der Waals surface area contributed by atoms with Gasteiger partial charge in [-0.05, 0) is 95.4 Å². The Kier molecular flexibility index (Phi) is 39.9. The number of hydrogen-bond acceptors (Lipinski definition) is 19. The average Bonchev–Trinajstić information content (AvgIpc) is 4.39. The molecule has 500 valence electrons. The second kappa shape index (κ2) is 47.3. The Labute approximate surface area is 528 Å². The highest BCUT2D eigenvalue weighted by Gasteiger charge is 2.43. The first-order valence-electron chi connectivity index (χ1n) is 31.9. The molecule has 28 heteroatoms. The highest BCUT2D eigenvalue weighted by atomic mass is 32.2. The van der Waals surface area contributed by atoms with Crippen LogP contribution in [-0.2, 0) is 57.0 Å². The van der Waals surface area contributed by atoms with Gasteiger partial charge in [0.1, 0.15) is 0 Å². The Bertz CT molecular complexity index is 2040. The molecule has 4 fully saturated rings. The van der Waals surface area contributed by atoms with E-state index in [-0.39, 0.29) is 71.5 Å². The Morgan fingerprint density at radius 3 is 1.15 bits per heavy atom. The van der Waals surface area contributed by atoms with Crippen molar-refractivity contribution in [2.45, 2.75) is 137 Å². The molecule has 6 unspecified atom stereocenters. The quantitative estimate of drug-likeness (QED) is 0.0331. The van der Waals surface area contributed by atoms with Crippen molar-refractivity contribution in [2.24, 2.45) is 5.73 Å². The Morgan fingerprint density at radius 2 is 0.750 bits per heavy atom. The molecule has 4 heterocycles. The first kappa shape index (κ1) is 74.1. The summed E-state index contributed by atoms with van der Waals surface area (Å²) in [5, 5.41) is 27.3. The first-order chi connectivity index (χ1) is 43.1. The van der Waals surface area contributed by atoms with E-state index in [1.807, 2.05) is 23.5 Å². The van der Waals surface area contributed by atoms with Crippen LogP contribution in [0.15, 0.2) is 18.2 Å². The van der Waals surface area contributed by atoms with E-state index in [2.05, 4.69) is 47.9 Å². The van der Waals surface area contributed by atoms with Crippen molar-refractivity contribution in [3.63, 3.8) is 0 Å². The number of nitrogens with one attached hydrogen (secondary N) is 9. The molecule has 11 N–H and O–H groups in total. The maximum atomic E-state index is 13.4. The van der Waals surface area contributed by atoms with E-state index in [1.54, 1.807) is 12.1 Å². The largest absolute Gasteiger partial charge is 0.379 e. The minimum Gasteiger partial charge on any atom is -0.379 e. The summed E-state index contributed by atoms with van der Waals surface area (Å²) in [7, 11) is 0. The van der Waals surface area contributed by atoms with Gasteiger partial charge in [0.25, 0.3) is 11.8 Å². The van der Waals surface area contributed by atoms with Crippen molar-refractivity contribution in [2.75, 3.05) is 168 Å². The zero-order valence-corrected chi connectivity index (χ0v) is 53.2. The molecule has 5 rings (SSSR count). The maximum absolute atomic E-state index is 13.4. The van der Waals surface area contributed by atoms with Crippen LogP contribution in [0.2, 0.25) is 0 Å². The van der Waals surface area contributed by atoms with Crippen LogP contribution in [0, 0.1) is 0 Å². The summed E-state index contributed by atoms with van der Waals surface area (Å²) >= 11 is 3.78. The summed E-state index contributed by atoms with van der Waals surface area (Å²) < 4.78 is 50.4. The van der Waals surface area contributed by atoms with Crippen LogP contribution in [0.25, 0.3) is 0 Å². The van der Waals surface area contributed by atoms with Crippen molar-refractivity contribution in [1.82, 2.24) is 42.5 Å². The van der Waals surface area contributed by atoms with Crippen molar-refractivity contribution >= 4 is 70.8 Å². The lowest BCUT2D eigenvalue weighted by Crippen LogP contribution is -2.36. The Morgan fingerprint density at radius 1 is 0.409 bits per heavy atom. The van der Waals surface area contributed by atoms with E-state index in [4.69, 9.17) is 48.4 Å². The molecule has 0 aromatic heterocycles. The minimum absolute atomic E-state index is 0.0430. The highest BCUT2D eigenvalue weighted by molar-refractivity contribution is 8.00. The summed E-state index contributed by atoms with van der Waals surface area (Å²) in [6.45, 7) is 10.3. The SMILES string of the molecule is NCCCOCCOCCOCCCCC(=O)Nc1cc(C(=O)NCCCOCCOCCOCCCNC(=O)CCCCC2SCC3NC(=O)NC32)cc(C(=O)NCCCOCCOCCOCCCNC(=O)CCCCC2SCC3NC(=O)NC32)c1. The third-order valence-electron chi connectivity index (χ3n) is 14.6. The zero-order chi connectivity index (χ0) is 62.5. The number of hydrogen-bond donors (Lipinski definition) is 10. The number of anilines is 1. The highest BCUT2D eigenvalue weighted by Crippen LogP contribution is 2.34. The number of thioether (sulfide) groups is 2. The van der Waals surface area contributed by atoms with E-state index >= 15 is 0 Å². The predicted molar refractivity (Wildman–Crippen MR) is 337 cm³/mol. The second-order valence-corrected chi connectivity index (χ2v) is 24.4. The Balaban J connectivity index is 0.859. The first-order valence-corrected chi connectivity index (χ1v) is 34.0. The van der Waals surface area contributed by atoms with Crippen LogP contribution < -0.4 is 53.6 Å². The molecule has 88 heavy (non-hydrogen) atoms. The number of carbonyl (C=O) groups is 7. The summed E-state index contributed by atoms with van der Waals surface area (Å²) in [5.74, 6) is 0.895. The molecule has 0 bridgehead atoms. The molecule has 0 saturated carbocycles. The van der Waals surface area contributed by atoms with E-state index in [1.165, 1.54) is 6.07 Å². The molecular weight excluding hydrogens is 1180 g/mol. The molecule has 1 aromatic rings. The van der Waals surface area contributed by atoms with Crippen molar-refractivity contribution in [3.8, 4) is 0 Å². The van der Waals surface area contributed by atoms with Crippen LogP contribution in [0.4, 0.5) is 15.3 Å². The van der Waals surface area contributed by atoms with Gasteiger partial charge in [0, 0.05) is 124 Å². The fraction of sp³-hybridized carbons (Fsp3) is 0.783. The molecule has 0 radical (unpaired) electrons. The lowest BCUT2D eigenvalue weighted by molar-refractivity contribution is -0.122. The van der Waals surface area contributed by atoms with Crippen LogP contribution >= 0.6 is 23.5 Å². The van der Waals surface area contributed by atoms with Gasteiger partial charge >= 0.3 is 12.1 Å². The number of urea groups is 2. The third-order valence-corrected chi connectivity index (χ3v) is 17.7. The van der Waals surface area contributed by atoms with Crippen LogP contribution in [0.5, 0.6) is 0 Å². The number of fused-ring (bicyclic) bond motifs is 2. The summed E-state index contributed by atoms with van der Waals surface area (Å²) in [6.07, 6.45) is 11.3. The number of benzene rings is 1. The standard InChI is InChI=1S/C60H102N10O16S2/c61-17-7-23-79-29-35-84-34-28-78-22-6-5-16-54(73)66-47-41-45(57(74)64-20-10-26-82-32-38-85-36-30-80-24-8-18-62-52(71)14-3-1-12-50-55-48(43-87-50)67-59(76)69-55)40-46(42-47)58(75)65-21-11-27-83-33-39-86-37-31-81-25-9-19-63-53(72)15-4-2-13-51-56-49(44-88-51)68-60(77)70-56/h40-42,48-51,55-56H,1-39,43-44,61H2,(H,62,71)(H,63,72)(H,64,74)(H,65,75)(H,66,73)(H2,67,69,76)(H2,68,70,77). The molecule has 6 atom stereocenters. The van der Waals surface area contributed by atoms with E-state index in [9.17, 15) is 33.6 Å². The molecular formula is C60H102N10O16S2. The van der Waals surface area contributed by atoms with Crippen molar-refractivity contribution in [3.05, 3.63) is 29.3 Å². The van der Waals surface area contributed by atoms with Gasteiger partial charge in [0.15, 0.2) is 0 Å². The maximum Gasteiger partial charge on any atom is 0.315 e. The van der Waals surface area contributed by atoms with Gasteiger partial charge in [-0.25, -0.2) is 9.59 Å². The molecule has 0 spiro atoms. The number of rotatable bonds is 55. The van der Waals surface area contributed by atoms with Gasteiger partial charge in [0.05, 0.1) is 103 Å².